The molecule has 20 heavy (non-hydrogen) atoms. The molecule has 2 N–H and O–H groups in total. The zero-order valence-electron chi connectivity index (χ0n) is 13.4. The van der Waals surface area contributed by atoms with Gasteiger partial charge in [-0.3, -0.25) is 0 Å². The van der Waals surface area contributed by atoms with Gasteiger partial charge in [0, 0.05) is 30.2 Å². The van der Waals surface area contributed by atoms with Crippen molar-refractivity contribution >= 4 is 5.82 Å². The van der Waals surface area contributed by atoms with Crippen molar-refractivity contribution in [3.05, 3.63) is 23.4 Å². The van der Waals surface area contributed by atoms with Crippen LogP contribution >= 0.6 is 0 Å². The molecular weight excluding hydrogens is 246 g/mol. The average molecular weight is 275 g/mol. The van der Waals surface area contributed by atoms with Crippen LogP contribution in [0.15, 0.2) is 12.1 Å². The van der Waals surface area contributed by atoms with Crippen molar-refractivity contribution in [2.24, 2.45) is 5.73 Å². The third-order valence-electron chi connectivity index (χ3n) is 4.28. The summed E-state index contributed by atoms with van der Waals surface area (Å²) in [4.78, 5) is 7.41. The summed E-state index contributed by atoms with van der Waals surface area (Å²) < 4.78 is 0. The van der Waals surface area contributed by atoms with Crippen LogP contribution in [0.4, 0.5) is 5.82 Å². The van der Waals surface area contributed by atoms with E-state index in [4.69, 9.17) is 10.7 Å². The summed E-state index contributed by atoms with van der Waals surface area (Å²) in [7, 11) is 0. The maximum absolute atomic E-state index is 5.88. The van der Waals surface area contributed by atoms with Gasteiger partial charge in [-0.25, -0.2) is 4.98 Å². The second-order valence-electron chi connectivity index (χ2n) is 6.90. The number of hydrogen-bond acceptors (Lipinski definition) is 3. The molecule has 0 atom stereocenters. The SMILES string of the molecule is CCN(c1cc(CN)cc(C(C)(C)C)n1)C1CCCC1. The van der Waals surface area contributed by atoms with Crippen molar-refractivity contribution in [1.82, 2.24) is 4.98 Å². The molecule has 3 heteroatoms. The molecular formula is C17H29N3. The van der Waals surface area contributed by atoms with E-state index in [0.29, 0.717) is 12.6 Å². The summed E-state index contributed by atoms with van der Waals surface area (Å²) in [5.74, 6) is 1.12. The van der Waals surface area contributed by atoms with E-state index in [1.54, 1.807) is 0 Å². The van der Waals surface area contributed by atoms with E-state index in [-0.39, 0.29) is 5.41 Å². The van der Waals surface area contributed by atoms with E-state index in [0.717, 1.165) is 18.1 Å². The Morgan fingerprint density at radius 3 is 2.40 bits per heavy atom. The highest BCUT2D eigenvalue weighted by Gasteiger charge is 2.24. The molecule has 0 radical (unpaired) electrons. The molecule has 1 fully saturated rings. The first-order valence-corrected chi connectivity index (χ1v) is 7.94. The van der Waals surface area contributed by atoms with Crippen molar-refractivity contribution in [3.63, 3.8) is 0 Å². The predicted octanol–water partition coefficient (Wildman–Crippen LogP) is 3.61. The van der Waals surface area contributed by atoms with Gasteiger partial charge in [0.2, 0.25) is 0 Å². The topological polar surface area (TPSA) is 42.1 Å². The van der Waals surface area contributed by atoms with E-state index in [1.807, 2.05) is 0 Å². The van der Waals surface area contributed by atoms with Crippen LogP contribution in [-0.4, -0.2) is 17.6 Å². The number of hydrogen-bond donors (Lipinski definition) is 1. The lowest BCUT2D eigenvalue weighted by Gasteiger charge is -2.31. The minimum atomic E-state index is 0.0645. The smallest absolute Gasteiger partial charge is 0.129 e. The lowest BCUT2D eigenvalue weighted by molar-refractivity contribution is 0.559. The van der Waals surface area contributed by atoms with Crippen LogP contribution < -0.4 is 10.6 Å². The van der Waals surface area contributed by atoms with Gasteiger partial charge in [0.25, 0.3) is 0 Å². The van der Waals surface area contributed by atoms with E-state index in [2.05, 4.69) is 44.7 Å². The van der Waals surface area contributed by atoms with Gasteiger partial charge in [-0.05, 0) is 37.5 Å². The van der Waals surface area contributed by atoms with E-state index < -0.39 is 0 Å². The van der Waals surface area contributed by atoms with Crippen LogP contribution in [0.3, 0.4) is 0 Å². The summed E-state index contributed by atoms with van der Waals surface area (Å²) >= 11 is 0. The van der Waals surface area contributed by atoms with E-state index >= 15 is 0 Å². The highest BCUT2D eigenvalue weighted by atomic mass is 15.2. The van der Waals surface area contributed by atoms with Crippen LogP contribution in [0.1, 0.15) is 64.6 Å². The Balaban J connectivity index is 2.38. The molecule has 1 saturated carbocycles. The maximum Gasteiger partial charge on any atom is 0.129 e. The lowest BCUT2D eigenvalue weighted by atomic mass is 9.90. The van der Waals surface area contributed by atoms with Gasteiger partial charge < -0.3 is 10.6 Å². The molecule has 0 aromatic carbocycles. The number of rotatable bonds is 4. The summed E-state index contributed by atoms with van der Waals surface area (Å²) in [6.07, 6.45) is 5.30. The molecule has 0 unspecified atom stereocenters. The maximum atomic E-state index is 5.88. The van der Waals surface area contributed by atoms with Crippen molar-refractivity contribution < 1.29 is 0 Å². The van der Waals surface area contributed by atoms with Crippen LogP contribution in [0, 0.1) is 0 Å². The van der Waals surface area contributed by atoms with Crippen LogP contribution in [-0.2, 0) is 12.0 Å². The lowest BCUT2D eigenvalue weighted by Crippen LogP contribution is -2.34. The van der Waals surface area contributed by atoms with E-state index in [9.17, 15) is 0 Å². The van der Waals surface area contributed by atoms with Gasteiger partial charge in [0.05, 0.1) is 0 Å². The quantitative estimate of drug-likeness (QED) is 0.912. The second-order valence-corrected chi connectivity index (χ2v) is 6.90. The van der Waals surface area contributed by atoms with Gasteiger partial charge >= 0.3 is 0 Å². The Morgan fingerprint density at radius 2 is 1.90 bits per heavy atom. The highest BCUT2D eigenvalue weighted by Crippen LogP contribution is 2.30. The summed E-state index contributed by atoms with van der Waals surface area (Å²) in [5.41, 5.74) is 8.28. The Labute approximate surface area is 123 Å². The fourth-order valence-corrected chi connectivity index (χ4v) is 3.04. The summed E-state index contributed by atoms with van der Waals surface area (Å²) in [5, 5.41) is 0. The van der Waals surface area contributed by atoms with Crippen molar-refractivity contribution in [2.75, 3.05) is 11.4 Å². The van der Waals surface area contributed by atoms with Crippen molar-refractivity contribution in [3.8, 4) is 0 Å². The Bertz CT molecular complexity index is 442. The molecule has 112 valence electrons. The Kier molecular flexibility index (Phi) is 4.69. The molecule has 1 aromatic rings. The van der Waals surface area contributed by atoms with Gasteiger partial charge in [-0.15, -0.1) is 0 Å². The minimum Gasteiger partial charge on any atom is -0.354 e. The fourth-order valence-electron chi connectivity index (χ4n) is 3.04. The number of aromatic nitrogens is 1. The molecule has 1 heterocycles. The van der Waals surface area contributed by atoms with Gasteiger partial charge in [-0.2, -0.15) is 0 Å². The van der Waals surface area contributed by atoms with Gasteiger partial charge in [-0.1, -0.05) is 33.6 Å². The molecule has 3 nitrogen and oxygen atoms in total. The number of nitrogens with zero attached hydrogens (tertiary/aromatic N) is 2. The molecule has 2 rings (SSSR count). The summed E-state index contributed by atoms with van der Waals surface area (Å²) in [6.45, 7) is 10.5. The molecule has 0 saturated heterocycles. The first-order chi connectivity index (χ1) is 9.45. The van der Waals surface area contributed by atoms with E-state index in [1.165, 1.54) is 31.2 Å². The third-order valence-corrected chi connectivity index (χ3v) is 4.28. The van der Waals surface area contributed by atoms with Crippen LogP contribution in [0.2, 0.25) is 0 Å². The molecule has 0 aliphatic heterocycles. The third kappa shape index (κ3) is 3.32. The van der Waals surface area contributed by atoms with Crippen LogP contribution in [0.5, 0.6) is 0 Å². The average Bonchev–Trinajstić information content (AvgIpc) is 2.92. The number of anilines is 1. The monoisotopic (exact) mass is 275 g/mol. The molecule has 0 bridgehead atoms. The first-order valence-electron chi connectivity index (χ1n) is 7.94. The zero-order chi connectivity index (χ0) is 14.8. The number of pyridine rings is 1. The highest BCUT2D eigenvalue weighted by molar-refractivity contribution is 5.45. The Hall–Kier alpha value is -1.09. The molecule has 1 aliphatic carbocycles. The summed E-state index contributed by atoms with van der Waals surface area (Å²) in [6, 6.07) is 5.00. The Morgan fingerprint density at radius 1 is 1.25 bits per heavy atom. The van der Waals surface area contributed by atoms with Crippen LogP contribution in [0.25, 0.3) is 0 Å². The fraction of sp³-hybridized carbons (Fsp3) is 0.706. The van der Waals surface area contributed by atoms with Crippen molar-refractivity contribution in [2.45, 2.75) is 71.4 Å². The first kappa shape index (κ1) is 15.3. The minimum absolute atomic E-state index is 0.0645. The van der Waals surface area contributed by atoms with Gasteiger partial charge in [0.15, 0.2) is 0 Å². The largest absolute Gasteiger partial charge is 0.354 e. The number of nitrogens with two attached hydrogens (primary N) is 1. The second kappa shape index (κ2) is 6.13. The molecule has 0 amide bonds. The standard InChI is InChI=1S/C17H29N3/c1-5-20(14-8-6-7-9-14)16-11-13(12-18)10-15(19-16)17(2,3)4/h10-11,14H,5-9,12,18H2,1-4H3. The predicted molar refractivity (Wildman–Crippen MR) is 86.1 cm³/mol. The zero-order valence-corrected chi connectivity index (χ0v) is 13.4. The molecule has 0 spiro atoms. The molecule has 1 aromatic heterocycles. The molecule has 1 aliphatic rings. The normalized spacial score (nSPS) is 16.6. The van der Waals surface area contributed by atoms with Gasteiger partial charge in [0.1, 0.15) is 5.82 Å². The van der Waals surface area contributed by atoms with Crippen molar-refractivity contribution in [1.29, 1.82) is 0 Å².